The largest absolute Gasteiger partial charge is 0.451 e. The van der Waals surface area contributed by atoms with Crippen molar-refractivity contribution in [3.63, 3.8) is 0 Å². The first-order valence-electron chi connectivity index (χ1n) is 6.67. The molecule has 9 heteroatoms. The fraction of sp³-hybridized carbons (Fsp3) is 0.667. The van der Waals surface area contributed by atoms with E-state index < -0.39 is 12.0 Å². The molecule has 1 saturated heterocycles. The van der Waals surface area contributed by atoms with Crippen LogP contribution >= 0.6 is 11.8 Å². The van der Waals surface area contributed by atoms with Gasteiger partial charge in [0.2, 0.25) is 5.82 Å². The second kappa shape index (κ2) is 7.17. The van der Waals surface area contributed by atoms with E-state index in [1.165, 1.54) is 13.1 Å². The van der Waals surface area contributed by atoms with Crippen molar-refractivity contribution in [2.45, 2.75) is 6.18 Å². The van der Waals surface area contributed by atoms with Crippen molar-refractivity contribution in [1.29, 1.82) is 0 Å². The van der Waals surface area contributed by atoms with E-state index in [9.17, 15) is 13.2 Å². The van der Waals surface area contributed by atoms with Crippen LogP contribution in [-0.2, 0) is 6.18 Å². The first-order chi connectivity index (χ1) is 9.99. The Labute approximate surface area is 125 Å². The number of alkyl halides is 3. The van der Waals surface area contributed by atoms with Crippen LogP contribution in [0.2, 0.25) is 0 Å². The Morgan fingerprint density at radius 3 is 2.52 bits per heavy atom. The van der Waals surface area contributed by atoms with E-state index in [1.807, 2.05) is 11.8 Å². The molecule has 0 aliphatic carbocycles. The Morgan fingerprint density at radius 1 is 1.24 bits per heavy atom. The van der Waals surface area contributed by atoms with Gasteiger partial charge in [-0.1, -0.05) is 0 Å². The summed E-state index contributed by atoms with van der Waals surface area (Å²) in [6, 6.07) is 1.47. The van der Waals surface area contributed by atoms with E-state index in [2.05, 4.69) is 25.5 Å². The van der Waals surface area contributed by atoms with Gasteiger partial charge in [0.15, 0.2) is 0 Å². The molecule has 1 fully saturated rings. The number of hydrogen-bond acceptors (Lipinski definition) is 6. The van der Waals surface area contributed by atoms with E-state index >= 15 is 0 Å². The van der Waals surface area contributed by atoms with Crippen LogP contribution in [0.5, 0.6) is 0 Å². The smallest absolute Gasteiger partial charge is 0.373 e. The molecule has 0 saturated carbocycles. The maximum Gasteiger partial charge on any atom is 0.451 e. The Morgan fingerprint density at radius 2 is 1.90 bits per heavy atom. The van der Waals surface area contributed by atoms with Gasteiger partial charge in [0, 0.05) is 50.8 Å². The fourth-order valence-corrected chi connectivity index (χ4v) is 2.94. The molecule has 118 valence electrons. The van der Waals surface area contributed by atoms with E-state index in [0.717, 1.165) is 31.1 Å². The van der Waals surface area contributed by atoms with E-state index in [0.29, 0.717) is 6.54 Å². The molecule has 0 aromatic carbocycles. The maximum atomic E-state index is 12.7. The molecule has 0 unspecified atom stereocenters. The molecule has 21 heavy (non-hydrogen) atoms. The Kier molecular flexibility index (Phi) is 5.51. The van der Waals surface area contributed by atoms with Gasteiger partial charge in [-0.2, -0.15) is 24.9 Å². The van der Waals surface area contributed by atoms with Gasteiger partial charge < -0.3 is 10.6 Å². The molecular weight excluding hydrogens is 303 g/mol. The summed E-state index contributed by atoms with van der Waals surface area (Å²) in [5, 5.41) is 5.55. The van der Waals surface area contributed by atoms with Crippen LogP contribution in [0.15, 0.2) is 6.07 Å². The highest BCUT2D eigenvalue weighted by Crippen LogP contribution is 2.28. The summed E-state index contributed by atoms with van der Waals surface area (Å²) in [6.45, 7) is 3.39. The number of hydrogen-bond donors (Lipinski definition) is 2. The average molecular weight is 321 g/mol. The lowest BCUT2D eigenvalue weighted by atomic mass is 10.4. The van der Waals surface area contributed by atoms with Crippen LogP contribution in [0.1, 0.15) is 5.82 Å². The summed E-state index contributed by atoms with van der Waals surface area (Å²) in [4.78, 5) is 9.23. The lowest BCUT2D eigenvalue weighted by Gasteiger charge is -2.26. The van der Waals surface area contributed by atoms with Crippen LogP contribution in [-0.4, -0.2) is 59.6 Å². The first kappa shape index (κ1) is 16.2. The minimum absolute atomic E-state index is 0.147. The topological polar surface area (TPSA) is 53.1 Å². The lowest BCUT2D eigenvalue weighted by Crippen LogP contribution is -2.36. The van der Waals surface area contributed by atoms with Crippen molar-refractivity contribution in [2.24, 2.45) is 0 Å². The number of aromatic nitrogens is 2. The molecule has 2 rings (SSSR count). The van der Waals surface area contributed by atoms with Gasteiger partial charge in [-0.25, -0.2) is 9.97 Å². The van der Waals surface area contributed by atoms with Crippen LogP contribution in [0.3, 0.4) is 0 Å². The number of halogens is 3. The molecule has 5 nitrogen and oxygen atoms in total. The molecular formula is C12H18F3N5S. The molecule has 0 radical (unpaired) electrons. The van der Waals surface area contributed by atoms with Gasteiger partial charge in [0.25, 0.3) is 0 Å². The summed E-state index contributed by atoms with van der Waals surface area (Å²) in [5.74, 6) is 1.42. The zero-order chi connectivity index (χ0) is 15.3. The number of anilines is 2. The summed E-state index contributed by atoms with van der Waals surface area (Å²) < 4.78 is 38.1. The summed E-state index contributed by atoms with van der Waals surface area (Å²) >= 11 is 1.92. The molecule has 0 atom stereocenters. The molecule has 1 aliphatic rings. The zero-order valence-corrected chi connectivity index (χ0v) is 12.5. The van der Waals surface area contributed by atoms with Gasteiger partial charge in [0.1, 0.15) is 11.6 Å². The number of rotatable bonds is 5. The van der Waals surface area contributed by atoms with Crippen molar-refractivity contribution in [2.75, 3.05) is 55.4 Å². The molecule has 1 aromatic heterocycles. The minimum atomic E-state index is -4.55. The monoisotopic (exact) mass is 321 g/mol. The Balaban J connectivity index is 1.95. The van der Waals surface area contributed by atoms with Crippen molar-refractivity contribution in [3.8, 4) is 0 Å². The van der Waals surface area contributed by atoms with Crippen molar-refractivity contribution >= 4 is 23.4 Å². The highest BCUT2D eigenvalue weighted by atomic mass is 32.2. The highest BCUT2D eigenvalue weighted by Gasteiger charge is 2.35. The van der Waals surface area contributed by atoms with E-state index in [1.54, 1.807) is 0 Å². The molecule has 1 aromatic rings. The number of nitrogens with zero attached hydrogens (tertiary/aromatic N) is 3. The normalized spacial score (nSPS) is 16.8. The Bertz CT molecular complexity index is 463. The minimum Gasteiger partial charge on any atom is -0.373 e. The Hall–Kier alpha value is -1.22. The van der Waals surface area contributed by atoms with Gasteiger partial charge >= 0.3 is 6.18 Å². The van der Waals surface area contributed by atoms with Crippen LogP contribution in [0.4, 0.5) is 24.8 Å². The van der Waals surface area contributed by atoms with Gasteiger partial charge in [0.05, 0.1) is 0 Å². The predicted octanol–water partition coefficient (Wildman–Crippen LogP) is 2.00. The summed E-state index contributed by atoms with van der Waals surface area (Å²) in [7, 11) is 1.53. The van der Waals surface area contributed by atoms with E-state index in [4.69, 9.17) is 0 Å². The zero-order valence-electron chi connectivity index (χ0n) is 11.7. The summed E-state index contributed by atoms with van der Waals surface area (Å²) in [6.07, 6.45) is -4.55. The van der Waals surface area contributed by atoms with Crippen molar-refractivity contribution in [1.82, 2.24) is 14.9 Å². The molecule has 0 amide bonds. The second-order valence-electron chi connectivity index (χ2n) is 4.59. The number of nitrogens with one attached hydrogen (secondary N) is 2. The molecule has 2 N–H and O–H groups in total. The van der Waals surface area contributed by atoms with Crippen molar-refractivity contribution in [3.05, 3.63) is 11.9 Å². The third-order valence-corrected chi connectivity index (χ3v) is 4.02. The van der Waals surface area contributed by atoms with Crippen LogP contribution in [0.25, 0.3) is 0 Å². The first-order valence-corrected chi connectivity index (χ1v) is 7.82. The maximum absolute atomic E-state index is 12.7. The van der Waals surface area contributed by atoms with Gasteiger partial charge in [-0.3, -0.25) is 4.90 Å². The molecule has 2 heterocycles. The SMILES string of the molecule is CNc1cc(NCCN2CCSCC2)nc(C(F)(F)F)n1. The molecule has 0 spiro atoms. The fourth-order valence-electron chi connectivity index (χ4n) is 1.96. The van der Waals surface area contributed by atoms with Gasteiger partial charge in [-0.05, 0) is 0 Å². The average Bonchev–Trinajstić information content (AvgIpc) is 2.47. The molecule has 1 aliphatic heterocycles. The van der Waals surface area contributed by atoms with Crippen molar-refractivity contribution < 1.29 is 13.2 Å². The standard InChI is InChI=1S/C12H18F3N5S/c1-16-9-8-10(19-11(18-9)12(13,14)15)17-2-3-20-4-6-21-7-5-20/h8H,2-7H2,1H3,(H2,16,17,18,19). The third kappa shape index (κ3) is 4.92. The molecule has 0 bridgehead atoms. The van der Waals surface area contributed by atoms with Crippen LogP contribution in [0, 0.1) is 0 Å². The third-order valence-electron chi connectivity index (χ3n) is 3.07. The van der Waals surface area contributed by atoms with E-state index in [-0.39, 0.29) is 11.6 Å². The predicted molar refractivity (Wildman–Crippen MR) is 78.8 cm³/mol. The number of thioether (sulfide) groups is 1. The highest BCUT2D eigenvalue weighted by molar-refractivity contribution is 7.99. The summed E-state index contributed by atoms with van der Waals surface area (Å²) in [5.41, 5.74) is 0. The van der Waals surface area contributed by atoms with Gasteiger partial charge in [-0.15, -0.1) is 0 Å². The quantitative estimate of drug-likeness (QED) is 0.865. The second-order valence-corrected chi connectivity index (χ2v) is 5.82. The van der Waals surface area contributed by atoms with Crippen LogP contribution < -0.4 is 10.6 Å². The lowest BCUT2D eigenvalue weighted by molar-refractivity contribution is -0.144.